The number of rotatable bonds is 6. The van der Waals surface area contributed by atoms with Crippen molar-refractivity contribution in [1.29, 1.82) is 0 Å². The molecule has 3 aromatic rings. The monoisotopic (exact) mass is 389 g/mol. The van der Waals surface area contributed by atoms with E-state index in [9.17, 15) is 14.4 Å². The zero-order valence-corrected chi connectivity index (χ0v) is 15.0. The molecule has 0 radical (unpaired) electrons. The molecular weight excluding hydrogens is 374 g/mol. The van der Waals surface area contributed by atoms with Crippen molar-refractivity contribution < 1.29 is 19.1 Å². The number of H-pyrrole nitrogens is 2. The molecule has 0 unspecified atom stereocenters. The minimum absolute atomic E-state index is 0.338. The fourth-order valence-corrected chi connectivity index (χ4v) is 2.52. The number of hydrogen-bond acceptors (Lipinski definition) is 5. The molecule has 140 valence electrons. The molecule has 0 fully saturated rings. The predicted molar refractivity (Wildman–Crippen MR) is 100 cm³/mol. The van der Waals surface area contributed by atoms with Gasteiger partial charge < -0.3 is 24.8 Å². The number of ether oxygens (including phenoxy) is 2. The molecule has 1 amide bonds. The van der Waals surface area contributed by atoms with Gasteiger partial charge in [-0.05, 0) is 43.3 Å². The first-order valence-electron chi connectivity index (χ1n) is 8.01. The topological polar surface area (TPSA) is 113 Å². The maximum Gasteiger partial charge on any atom is 0.344 e. The van der Waals surface area contributed by atoms with Crippen molar-refractivity contribution >= 4 is 40.2 Å². The van der Waals surface area contributed by atoms with Crippen LogP contribution < -0.4 is 15.7 Å². The number of fused-ring (bicyclic) bond motifs is 1. The molecule has 0 bridgehead atoms. The molecule has 3 rings (SSSR count). The van der Waals surface area contributed by atoms with Gasteiger partial charge >= 0.3 is 11.7 Å². The van der Waals surface area contributed by atoms with Gasteiger partial charge in [-0.15, -0.1) is 0 Å². The summed E-state index contributed by atoms with van der Waals surface area (Å²) in [5, 5.41) is 3.10. The Kier molecular flexibility index (Phi) is 5.46. The quantitative estimate of drug-likeness (QED) is 0.560. The number of halogens is 1. The maximum atomic E-state index is 12.2. The van der Waals surface area contributed by atoms with Crippen LogP contribution in [0, 0.1) is 0 Å². The SMILES string of the molecule is C[C@@H](OC(=O)COc1cccc(Cl)c1)C(=O)Nc1ccc2[nH]c(=O)[nH]c2c1. The fourth-order valence-electron chi connectivity index (χ4n) is 2.34. The van der Waals surface area contributed by atoms with Crippen LogP contribution in [0.15, 0.2) is 47.3 Å². The summed E-state index contributed by atoms with van der Waals surface area (Å²) >= 11 is 5.83. The average molecular weight is 390 g/mol. The number of benzene rings is 2. The molecule has 1 atom stereocenters. The second-order valence-electron chi connectivity index (χ2n) is 5.71. The molecule has 3 N–H and O–H groups in total. The average Bonchev–Trinajstić information content (AvgIpc) is 2.99. The number of aromatic amines is 2. The van der Waals surface area contributed by atoms with Gasteiger partial charge in [0.25, 0.3) is 5.91 Å². The van der Waals surface area contributed by atoms with Crippen molar-refractivity contribution in [3.63, 3.8) is 0 Å². The first-order chi connectivity index (χ1) is 12.9. The number of esters is 1. The van der Waals surface area contributed by atoms with Crippen LogP contribution in [-0.2, 0) is 14.3 Å². The highest BCUT2D eigenvalue weighted by Gasteiger charge is 2.18. The van der Waals surface area contributed by atoms with Gasteiger partial charge in [0.2, 0.25) is 0 Å². The van der Waals surface area contributed by atoms with Crippen molar-refractivity contribution in [3.8, 4) is 5.75 Å². The van der Waals surface area contributed by atoms with Crippen molar-refractivity contribution in [3.05, 3.63) is 58.0 Å². The van der Waals surface area contributed by atoms with Gasteiger partial charge in [0.1, 0.15) is 5.75 Å². The number of nitrogens with one attached hydrogen (secondary N) is 3. The summed E-state index contributed by atoms with van der Waals surface area (Å²) in [5.74, 6) is -0.781. The van der Waals surface area contributed by atoms with E-state index in [1.807, 2.05) is 0 Å². The molecule has 1 aromatic heterocycles. The Balaban J connectivity index is 1.53. The summed E-state index contributed by atoms with van der Waals surface area (Å²) in [6, 6.07) is 11.5. The zero-order chi connectivity index (χ0) is 19.4. The smallest absolute Gasteiger partial charge is 0.344 e. The first kappa shape index (κ1) is 18.5. The highest BCUT2D eigenvalue weighted by atomic mass is 35.5. The molecule has 0 saturated heterocycles. The Labute approximate surface area is 158 Å². The third-order valence-electron chi connectivity index (χ3n) is 3.61. The summed E-state index contributed by atoms with van der Waals surface area (Å²) < 4.78 is 10.3. The van der Waals surface area contributed by atoms with E-state index in [1.54, 1.807) is 42.5 Å². The third-order valence-corrected chi connectivity index (χ3v) is 3.85. The molecule has 0 saturated carbocycles. The molecule has 0 spiro atoms. The van der Waals surface area contributed by atoms with E-state index >= 15 is 0 Å². The van der Waals surface area contributed by atoms with E-state index < -0.39 is 18.0 Å². The fraction of sp³-hybridized carbons (Fsp3) is 0.167. The van der Waals surface area contributed by atoms with Gasteiger partial charge in [-0.2, -0.15) is 0 Å². The Morgan fingerprint density at radius 2 is 1.93 bits per heavy atom. The molecule has 27 heavy (non-hydrogen) atoms. The third kappa shape index (κ3) is 4.89. The van der Waals surface area contributed by atoms with E-state index in [0.717, 1.165) is 0 Å². The van der Waals surface area contributed by atoms with Crippen molar-refractivity contribution in [2.75, 3.05) is 11.9 Å². The minimum Gasteiger partial charge on any atom is -0.482 e. The molecule has 9 heteroatoms. The van der Waals surface area contributed by atoms with Crippen LogP contribution in [0.5, 0.6) is 5.75 Å². The van der Waals surface area contributed by atoms with Crippen LogP contribution in [0.2, 0.25) is 5.02 Å². The van der Waals surface area contributed by atoms with Crippen LogP contribution in [0.3, 0.4) is 0 Å². The van der Waals surface area contributed by atoms with E-state index in [-0.39, 0.29) is 12.3 Å². The molecule has 2 aromatic carbocycles. The second kappa shape index (κ2) is 7.96. The van der Waals surface area contributed by atoms with Crippen LogP contribution in [0.1, 0.15) is 6.92 Å². The van der Waals surface area contributed by atoms with Gasteiger partial charge in [0.15, 0.2) is 12.7 Å². The molecule has 0 aliphatic carbocycles. The number of amides is 1. The first-order valence-corrected chi connectivity index (χ1v) is 8.39. The Morgan fingerprint density at radius 3 is 2.70 bits per heavy atom. The summed E-state index contributed by atoms with van der Waals surface area (Å²) in [4.78, 5) is 40.5. The van der Waals surface area contributed by atoms with E-state index in [1.165, 1.54) is 6.92 Å². The summed E-state index contributed by atoms with van der Waals surface area (Å²) in [6.45, 7) is 1.10. The lowest BCUT2D eigenvalue weighted by molar-refractivity contribution is -0.155. The van der Waals surface area contributed by atoms with Crippen molar-refractivity contribution in [2.24, 2.45) is 0 Å². The van der Waals surface area contributed by atoms with Crippen LogP contribution in [0.25, 0.3) is 11.0 Å². The van der Waals surface area contributed by atoms with Crippen molar-refractivity contribution in [2.45, 2.75) is 13.0 Å². The van der Waals surface area contributed by atoms with Gasteiger partial charge in [0.05, 0.1) is 11.0 Å². The number of carbonyl (C=O) groups is 2. The largest absolute Gasteiger partial charge is 0.482 e. The minimum atomic E-state index is -1.03. The number of hydrogen-bond donors (Lipinski definition) is 3. The lowest BCUT2D eigenvalue weighted by Crippen LogP contribution is -2.31. The number of carbonyl (C=O) groups excluding carboxylic acids is 2. The van der Waals surface area contributed by atoms with E-state index in [2.05, 4.69) is 15.3 Å². The van der Waals surface area contributed by atoms with Gasteiger partial charge in [-0.1, -0.05) is 17.7 Å². The molecule has 0 aliphatic rings. The molecule has 0 aliphatic heterocycles. The lowest BCUT2D eigenvalue weighted by atomic mass is 10.2. The molecule has 1 heterocycles. The Bertz CT molecular complexity index is 1040. The standard InChI is InChI=1S/C18H16ClN3O5/c1-10(27-16(23)9-26-13-4-2-3-11(19)7-13)17(24)20-12-5-6-14-15(8-12)22-18(25)21-14/h2-8,10H,9H2,1H3,(H,20,24)(H2,21,22,25)/t10-/m1/s1. The summed E-state index contributed by atoms with van der Waals surface area (Å²) in [7, 11) is 0. The maximum absolute atomic E-state index is 12.2. The van der Waals surface area contributed by atoms with Gasteiger partial charge in [-0.3, -0.25) is 4.79 Å². The van der Waals surface area contributed by atoms with Gasteiger partial charge in [0, 0.05) is 10.7 Å². The second-order valence-corrected chi connectivity index (χ2v) is 6.14. The highest BCUT2D eigenvalue weighted by Crippen LogP contribution is 2.17. The zero-order valence-electron chi connectivity index (χ0n) is 14.2. The summed E-state index contributed by atoms with van der Waals surface area (Å²) in [6.07, 6.45) is -1.03. The van der Waals surface area contributed by atoms with Crippen LogP contribution in [0.4, 0.5) is 5.69 Å². The lowest BCUT2D eigenvalue weighted by Gasteiger charge is -2.14. The van der Waals surface area contributed by atoms with Crippen LogP contribution >= 0.6 is 11.6 Å². The number of anilines is 1. The number of imidazole rings is 1. The highest BCUT2D eigenvalue weighted by molar-refractivity contribution is 6.30. The van der Waals surface area contributed by atoms with E-state index in [4.69, 9.17) is 21.1 Å². The predicted octanol–water partition coefficient (Wildman–Crippen LogP) is 2.46. The van der Waals surface area contributed by atoms with Crippen molar-refractivity contribution in [1.82, 2.24) is 9.97 Å². The molecular formula is C18H16ClN3O5. The Morgan fingerprint density at radius 1 is 1.15 bits per heavy atom. The normalized spacial score (nSPS) is 11.8. The van der Waals surface area contributed by atoms with E-state index in [0.29, 0.717) is 27.5 Å². The summed E-state index contributed by atoms with van der Waals surface area (Å²) in [5.41, 5.74) is 1.30. The van der Waals surface area contributed by atoms with Gasteiger partial charge in [-0.25, -0.2) is 9.59 Å². The number of aromatic nitrogens is 2. The van der Waals surface area contributed by atoms with Crippen LogP contribution in [-0.4, -0.2) is 34.6 Å². The Hall–Kier alpha value is -3.26. The molecule has 8 nitrogen and oxygen atoms in total.